The van der Waals surface area contributed by atoms with Gasteiger partial charge in [-0.1, -0.05) is 18.6 Å². The minimum atomic E-state index is 0.320. The van der Waals surface area contributed by atoms with Gasteiger partial charge in [-0.25, -0.2) is 4.98 Å². The number of aromatic nitrogens is 2. The molecule has 2 fully saturated rings. The molecular formula is C18H23N3O. The fourth-order valence-electron chi connectivity index (χ4n) is 4.40. The van der Waals surface area contributed by atoms with E-state index in [4.69, 9.17) is 9.72 Å². The van der Waals surface area contributed by atoms with Crippen LogP contribution >= 0.6 is 0 Å². The molecule has 4 nitrogen and oxygen atoms in total. The van der Waals surface area contributed by atoms with E-state index < -0.39 is 0 Å². The fraction of sp³-hybridized carbons (Fsp3) is 0.556. The maximum absolute atomic E-state index is 5.80. The quantitative estimate of drug-likeness (QED) is 0.851. The number of rotatable bonds is 2. The van der Waals surface area contributed by atoms with Crippen molar-refractivity contribution in [2.24, 2.45) is 5.41 Å². The van der Waals surface area contributed by atoms with Gasteiger partial charge in [0.25, 0.3) is 0 Å². The molecule has 0 bridgehead atoms. The van der Waals surface area contributed by atoms with Crippen LogP contribution in [0.5, 0.6) is 0 Å². The van der Waals surface area contributed by atoms with Crippen molar-refractivity contribution in [3.63, 3.8) is 0 Å². The minimum Gasteiger partial charge on any atom is -0.381 e. The first-order chi connectivity index (χ1) is 10.8. The molecular weight excluding hydrogens is 274 g/mol. The molecule has 0 N–H and O–H groups in total. The van der Waals surface area contributed by atoms with Gasteiger partial charge in [0, 0.05) is 25.6 Å². The summed E-state index contributed by atoms with van der Waals surface area (Å²) in [5, 5.41) is 0. The van der Waals surface area contributed by atoms with Gasteiger partial charge < -0.3 is 9.64 Å². The van der Waals surface area contributed by atoms with Gasteiger partial charge in [-0.3, -0.25) is 4.98 Å². The predicted molar refractivity (Wildman–Crippen MR) is 88.1 cm³/mol. The van der Waals surface area contributed by atoms with Crippen LogP contribution in [-0.2, 0) is 4.74 Å². The lowest BCUT2D eigenvalue weighted by molar-refractivity contribution is 0.00216. The van der Waals surface area contributed by atoms with Crippen molar-refractivity contribution in [1.29, 1.82) is 0 Å². The smallest absolute Gasteiger partial charge is 0.147 e. The van der Waals surface area contributed by atoms with E-state index in [0.29, 0.717) is 11.5 Å². The zero-order valence-corrected chi connectivity index (χ0v) is 13.2. The summed E-state index contributed by atoms with van der Waals surface area (Å²) in [6, 6.07) is 8.09. The molecule has 1 spiro atoms. The molecule has 2 aromatic rings. The summed E-state index contributed by atoms with van der Waals surface area (Å²) >= 11 is 0. The standard InChI is InChI=1S/C18H23N3O/c1-22-16-8-4-9-18(16)10-5-11-21(13-18)17-12-19-14-6-2-3-7-15(14)20-17/h2-3,6-7,12,16H,4-5,8-11,13H2,1H3/t16-,18+/m1/s1. The van der Waals surface area contributed by atoms with Gasteiger partial charge in [-0.15, -0.1) is 0 Å². The molecule has 2 heterocycles. The van der Waals surface area contributed by atoms with Gasteiger partial charge >= 0.3 is 0 Å². The van der Waals surface area contributed by atoms with E-state index in [-0.39, 0.29) is 0 Å². The second-order valence-corrected chi connectivity index (χ2v) is 6.72. The van der Waals surface area contributed by atoms with Gasteiger partial charge in [0.05, 0.1) is 23.3 Å². The molecule has 22 heavy (non-hydrogen) atoms. The second kappa shape index (κ2) is 5.51. The van der Waals surface area contributed by atoms with Crippen molar-refractivity contribution < 1.29 is 4.74 Å². The molecule has 116 valence electrons. The van der Waals surface area contributed by atoms with Gasteiger partial charge in [0.2, 0.25) is 0 Å². The molecule has 4 rings (SSSR count). The molecule has 1 aliphatic heterocycles. The Hall–Kier alpha value is -1.68. The number of nitrogens with zero attached hydrogens (tertiary/aromatic N) is 3. The maximum Gasteiger partial charge on any atom is 0.147 e. The van der Waals surface area contributed by atoms with Crippen LogP contribution < -0.4 is 4.90 Å². The Labute approximate surface area is 131 Å². The molecule has 1 saturated carbocycles. The Morgan fingerprint density at radius 1 is 1.18 bits per heavy atom. The van der Waals surface area contributed by atoms with E-state index in [9.17, 15) is 0 Å². The highest BCUT2D eigenvalue weighted by molar-refractivity contribution is 5.75. The monoisotopic (exact) mass is 297 g/mol. The zero-order chi connectivity index (χ0) is 15.0. The summed E-state index contributed by atoms with van der Waals surface area (Å²) in [6.45, 7) is 2.13. The highest BCUT2D eigenvalue weighted by Gasteiger charge is 2.46. The molecule has 1 saturated heterocycles. The van der Waals surface area contributed by atoms with Crippen LogP contribution in [0, 0.1) is 5.41 Å². The molecule has 1 aromatic heterocycles. The number of hydrogen-bond acceptors (Lipinski definition) is 4. The van der Waals surface area contributed by atoms with Crippen LogP contribution in [0.2, 0.25) is 0 Å². The Bertz CT molecular complexity index is 674. The third-order valence-electron chi connectivity index (χ3n) is 5.48. The fourth-order valence-corrected chi connectivity index (χ4v) is 4.40. The van der Waals surface area contributed by atoms with Crippen molar-refractivity contribution in [2.45, 2.75) is 38.2 Å². The summed E-state index contributed by atoms with van der Waals surface area (Å²) in [5.41, 5.74) is 2.27. The largest absolute Gasteiger partial charge is 0.381 e. The van der Waals surface area contributed by atoms with E-state index in [1.807, 2.05) is 37.6 Å². The predicted octanol–water partition coefficient (Wildman–Crippen LogP) is 3.42. The number of methoxy groups -OCH3 is 1. The van der Waals surface area contributed by atoms with E-state index in [1.54, 1.807) is 0 Å². The number of ether oxygens (including phenoxy) is 1. The topological polar surface area (TPSA) is 38.2 Å². The first-order valence-electron chi connectivity index (χ1n) is 8.30. The minimum absolute atomic E-state index is 0.320. The molecule has 0 radical (unpaired) electrons. The summed E-state index contributed by atoms with van der Waals surface area (Å²) in [5.74, 6) is 1.01. The van der Waals surface area contributed by atoms with Crippen LogP contribution in [0.25, 0.3) is 11.0 Å². The molecule has 1 aliphatic carbocycles. The lowest BCUT2D eigenvalue weighted by atomic mass is 9.76. The molecule has 0 amide bonds. The number of fused-ring (bicyclic) bond motifs is 1. The molecule has 4 heteroatoms. The van der Waals surface area contributed by atoms with E-state index in [2.05, 4.69) is 9.88 Å². The van der Waals surface area contributed by atoms with E-state index >= 15 is 0 Å². The normalized spacial score (nSPS) is 28.6. The number of piperidine rings is 1. The highest BCUT2D eigenvalue weighted by atomic mass is 16.5. The third kappa shape index (κ3) is 2.26. The average Bonchev–Trinajstić information content (AvgIpc) is 2.96. The Morgan fingerprint density at radius 3 is 2.86 bits per heavy atom. The molecule has 2 atom stereocenters. The number of anilines is 1. The summed E-state index contributed by atoms with van der Waals surface area (Å²) in [6.07, 6.45) is 8.60. The van der Waals surface area contributed by atoms with Crippen molar-refractivity contribution in [2.75, 3.05) is 25.1 Å². The first-order valence-corrected chi connectivity index (χ1v) is 8.30. The molecule has 0 unspecified atom stereocenters. The number of benzene rings is 1. The summed E-state index contributed by atoms with van der Waals surface area (Å²) in [4.78, 5) is 11.8. The van der Waals surface area contributed by atoms with Crippen molar-refractivity contribution >= 4 is 16.9 Å². The van der Waals surface area contributed by atoms with Crippen LogP contribution in [0.3, 0.4) is 0 Å². The van der Waals surface area contributed by atoms with Gasteiger partial charge in [-0.2, -0.15) is 0 Å². The van der Waals surface area contributed by atoms with Crippen molar-refractivity contribution in [1.82, 2.24) is 9.97 Å². The second-order valence-electron chi connectivity index (χ2n) is 6.72. The Balaban J connectivity index is 1.63. The highest BCUT2D eigenvalue weighted by Crippen LogP contribution is 2.46. The molecule has 1 aromatic carbocycles. The lowest BCUT2D eigenvalue weighted by Gasteiger charge is -2.44. The zero-order valence-electron chi connectivity index (χ0n) is 13.2. The van der Waals surface area contributed by atoms with Crippen LogP contribution in [0.15, 0.2) is 30.5 Å². The van der Waals surface area contributed by atoms with Gasteiger partial charge in [0.1, 0.15) is 5.82 Å². The van der Waals surface area contributed by atoms with Crippen LogP contribution in [0.1, 0.15) is 32.1 Å². The summed E-state index contributed by atoms with van der Waals surface area (Å²) in [7, 11) is 1.87. The Kier molecular flexibility index (Phi) is 3.49. The SMILES string of the molecule is CO[C@@H]1CCC[C@@]12CCCN(c1cnc3ccccc3n1)C2. The molecule has 2 aliphatic rings. The van der Waals surface area contributed by atoms with Crippen LogP contribution in [-0.4, -0.2) is 36.3 Å². The van der Waals surface area contributed by atoms with Gasteiger partial charge in [-0.05, 0) is 37.8 Å². The van der Waals surface area contributed by atoms with Crippen molar-refractivity contribution in [3.8, 4) is 0 Å². The van der Waals surface area contributed by atoms with Crippen LogP contribution in [0.4, 0.5) is 5.82 Å². The Morgan fingerprint density at radius 2 is 2.00 bits per heavy atom. The lowest BCUT2D eigenvalue weighted by Crippen LogP contribution is -2.48. The summed E-state index contributed by atoms with van der Waals surface area (Å²) < 4.78 is 5.80. The van der Waals surface area contributed by atoms with Gasteiger partial charge in [0.15, 0.2) is 0 Å². The average molecular weight is 297 g/mol. The van der Waals surface area contributed by atoms with E-state index in [1.165, 1.54) is 32.1 Å². The third-order valence-corrected chi connectivity index (χ3v) is 5.48. The first kappa shape index (κ1) is 13.9. The number of hydrogen-bond donors (Lipinski definition) is 0. The van der Waals surface area contributed by atoms with Crippen molar-refractivity contribution in [3.05, 3.63) is 30.5 Å². The van der Waals surface area contributed by atoms with E-state index in [0.717, 1.165) is 29.9 Å². The maximum atomic E-state index is 5.80. The number of para-hydroxylation sites is 2.